The third-order valence-electron chi connectivity index (χ3n) is 5.27. The molecule has 5 rings (SSSR count). The van der Waals surface area contributed by atoms with E-state index in [1.165, 1.54) is 11.6 Å². The van der Waals surface area contributed by atoms with Gasteiger partial charge in [0.25, 0.3) is 5.56 Å². The first kappa shape index (κ1) is 19.5. The highest BCUT2D eigenvalue weighted by Gasteiger charge is 2.32. The Kier molecular flexibility index (Phi) is 4.82. The zero-order valence-electron chi connectivity index (χ0n) is 16.8. The van der Waals surface area contributed by atoms with E-state index in [4.69, 9.17) is 16.1 Å². The van der Waals surface area contributed by atoms with Crippen LogP contribution in [0.2, 0.25) is 5.02 Å². The molecule has 1 amide bonds. The standard InChI is InChI=1S/C23H19ClN4O3/c1-13(29)25-18-4-2-3-16(11-18)21-22-19(20(27-31-22)15-7-8-15)23(30)28(26-21)12-14-5-9-17(24)10-6-14/h2-6,9-11,15H,7-8,12H2,1H3,(H,25,29). The van der Waals surface area contributed by atoms with Crippen LogP contribution in [0.4, 0.5) is 5.69 Å². The number of nitrogens with zero attached hydrogens (tertiary/aromatic N) is 3. The number of rotatable bonds is 5. The number of benzene rings is 2. The summed E-state index contributed by atoms with van der Waals surface area (Å²) in [7, 11) is 0. The van der Waals surface area contributed by atoms with E-state index < -0.39 is 0 Å². The molecular weight excluding hydrogens is 416 g/mol. The van der Waals surface area contributed by atoms with Gasteiger partial charge in [0.05, 0.1) is 6.54 Å². The minimum Gasteiger partial charge on any atom is -0.353 e. The van der Waals surface area contributed by atoms with Crippen LogP contribution in [0.15, 0.2) is 57.8 Å². The molecule has 1 aliphatic carbocycles. The van der Waals surface area contributed by atoms with Gasteiger partial charge in [-0.05, 0) is 42.7 Å². The van der Waals surface area contributed by atoms with Gasteiger partial charge in [0.1, 0.15) is 16.8 Å². The summed E-state index contributed by atoms with van der Waals surface area (Å²) in [5.41, 5.74) is 3.62. The van der Waals surface area contributed by atoms with E-state index in [-0.39, 0.29) is 17.4 Å². The summed E-state index contributed by atoms with van der Waals surface area (Å²) in [6.07, 6.45) is 1.99. The molecule has 31 heavy (non-hydrogen) atoms. The molecule has 1 saturated carbocycles. The average molecular weight is 435 g/mol. The molecule has 1 aliphatic rings. The Morgan fingerprint density at radius 3 is 2.71 bits per heavy atom. The van der Waals surface area contributed by atoms with Crippen LogP contribution in [0.5, 0.6) is 0 Å². The van der Waals surface area contributed by atoms with Crippen molar-refractivity contribution in [2.75, 3.05) is 5.32 Å². The van der Waals surface area contributed by atoms with Gasteiger partial charge in [0.2, 0.25) is 11.5 Å². The molecule has 2 aromatic heterocycles. The Bertz CT molecular complexity index is 1350. The lowest BCUT2D eigenvalue weighted by Crippen LogP contribution is -2.24. The van der Waals surface area contributed by atoms with Gasteiger partial charge in [-0.2, -0.15) is 5.10 Å². The summed E-state index contributed by atoms with van der Waals surface area (Å²) >= 11 is 5.99. The quantitative estimate of drug-likeness (QED) is 0.496. The van der Waals surface area contributed by atoms with Crippen molar-refractivity contribution < 1.29 is 9.32 Å². The van der Waals surface area contributed by atoms with Gasteiger partial charge >= 0.3 is 0 Å². The second kappa shape index (κ2) is 7.67. The van der Waals surface area contributed by atoms with Crippen LogP contribution >= 0.6 is 11.6 Å². The zero-order chi connectivity index (χ0) is 21.5. The number of hydrogen-bond acceptors (Lipinski definition) is 5. The normalized spacial score (nSPS) is 13.5. The van der Waals surface area contributed by atoms with Crippen LogP contribution in [0.25, 0.3) is 22.2 Å². The Morgan fingerprint density at radius 1 is 1.23 bits per heavy atom. The molecular formula is C23H19ClN4O3. The fourth-order valence-corrected chi connectivity index (χ4v) is 3.78. The lowest BCUT2D eigenvalue weighted by molar-refractivity contribution is -0.114. The van der Waals surface area contributed by atoms with Crippen LogP contribution in [-0.4, -0.2) is 20.8 Å². The molecule has 0 radical (unpaired) electrons. The molecule has 1 N–H and O–H groups in total. The van der Waals surface area contributed by atoms with Crippen molar-refractivity contribution in [2.24, 2.45) is 0 Å². The van der Waals surface area contributed by atoms with Crippen LogP contribution in [0.3, 0.4) is 0 Å². The summed E-state index contributed by atoms with van der Waals surface area (Å²) in [6.45, 7) is 1.74. The number of nitrogens with one attached hydrogen (secondary N) is 1. The number of carbonyl (C=O) groups is 1. The molecule has 2 aromatic carbocycles. The highest BCUT2D eigenvalue weighted by molar-refractivity contribution is 6.30. The molecule has 4 aromatic rings. The topological polar surface area (TPSA) is 90.0 Å². The molecule has 0 bridgehead atoms. The van der Waals surface area contributed by atoms with E-state index >= 15 is 0 Å². The van der Waals surface area contributed by atoms with Crippen molar-refractivity contribution in [3.05, 3.63) is 75.2 Å². The molecule has 7 nitrogen and oxygen atoms in total. The summed E-state index contributed by atoms with van der Waals surface area (Å²) in [4.78, 5) is 24.8. The molecule has 8 heteroatoms. The summed E-state index contributed by atoms with van der Waals surface area (Å²) in [5, 5.41) is 12.7. The number of amides is 1. The van der Waals surface area contributed by atoms with Crippen molar-refractivity contribution in [1.29, 1.82) is 0 Å². The monoisotopic (exact) mass is 434 g/mol. The van der Waals surface area contributed by atoms with Crippen molar-refractivity contribution in [1.82, 2.24) is 14.9 Å². The minimum absolute atomic E-state index is 0.168. The Labute approximate surface area is 182 Å². The number of halogens is 1. The van der Waals surface area contributed by atoms with E-state index in [1.54, 1.807) is 24.3 Å². The summed E-state index contributed by atoms with van der Waals surface area (Å²) in [6, 6.07) is 14.6. The van der Waals surface area contributed by atoms with E-state index in [9.17, 15) is 9.59 Å². The Balaban J connectivity index is 1.68. The van der Waals surface area contributed by atoms with E-state index in [0.29, 0.717) is 39.6 Å². The molecule has 156 valence electrons. The highest BCUT2D eigenvalue weighted by Crippen LogP contribution is 2.42. The van der Waals surface area contributed by atoms with Gasteiger partial charge < -0.3 is 9.84 Å². The fourth-order valence-electron chi connectivity index (χ4n) is 3.65. The van der Waals surface area contributed by atoms with Crippen molar-refractivity contribution in [3.63, 3.8) is 0 Å². The zero-order valence-corrected chi connectivity index (χ0v) is 17.5. The summed E-state index contributed by atoms with van der Waals surface area (Å²) in [5.74, 6) is 0.0811. The molecule has 1 fully saturated rings. The van der Waals surface area contributed by atoms with Crippen LogP contribution in [0.1, 0.15) is 36.9 Å². The SMILES string of the molecule is CC(=O)Nc1cccc(-c2nn(Cc3ccc(Cl)cc3)c(=O)c3c(C4CC4)noc23)c1. The van der Waals surface area contributed by atoms with Gasteiger partial charge in [0, 0.05) is 29.1 Å². The predicted molar refractivity (Wildman–Crippen MR) is 118 cm³/mol. The minimum atomic E-state index is -0.227. The maximum absolute atomic E-state index is 13.3. The number of fused-ring (bicyclic) bond motifs is 1. The molecule has 0 unspecified atom stereocenters. The lowest BCUT2D eigenvalue weighted by Gasteiger charge is -2.10. The van der Waals surface area contributed by atoms with Gasteiger partial charge in [-0.25, -0.2) is 4.68 Å². The van der Waals surface area contributed by atoms with E-state index in [1.807, 2.05) is 24.3 Å². The van der Waals surface area contributed by atoms with Gasteiger partial charge in [-0.3, -0.25) is 9.59 Å². The third-order valence-corrected chi connectivity index (χ3v) is 5.52. The van der Waals surface area contributed by atoms with Gasteiger partial charge in [-0.1, -0.05) is 41.0 Å². The van der Waals surface area contributed by atoms with Gasteiger partial charge in [-0.15, -0.1) is 0 Å². The first-order chi connectivity index (χ1) is 15.0. The van der Waals surface area contributed by atoms with Gasteiger partial charge in [0.15, 0.2) is 0 Å². The van der Waals surface area contributed by atoms with Crippen molar-refractivity contribution in [3.8, 4) is 11.3 Å². The van der Waals surface area contributed by atoms with Crippen LogP contribution in [0, 0.1) is 0 Å². The molecule has 2 heterocycles. The second-order valence-corrected chi connectivity index (χ2v) is 8.18. The molecule has 0 saturated heterocycles. The summed E-state index contributed by atoms with van der Waals surface area (Å²) < 4.78 is 7.07. The maximum Gasteiger partial charge on any atom is 0.280 e. The average Bonchev–Trinajstić information content (AvgIpc) is 3.49. The smallest absolute Gasteiger partial charge is 0.280 e. The first-order valence-corrected chi connectivity index (χ1v) is 10.4. The lowest BCUT2D eigenvalue weighted by atomic mass is 10.1. The van der Waals surface area contributed by atoms with Crippen molar-refractivity contribution >= 4 is 34.2 Å². The fraction of sp³-hybridized carbons (Fsp3) is 0.217. The number of hydrogen-bond donors (Lipinski definition) is 1. The van der Waals surface area contributed by atoms with E-state index in [0.717, 1.165) is 24.0 Å². The van der Waals surface area contributed by atoms with Crippen LogP contribution < -0.4 is 10.9 Å². The number of anilines is 1. The highest BCUT2D eigenvalue weighted by atomic mass is 35.5. The number of aromatic nitrogens is 3. The number of carbonyl (C=O) groups excluding carboxylic acids is 1. The van der Waals surface area contributed by atoms with Crippen molar-refractivity contribution in [2.45, 2.75) is 32.2 Å². The van der Waals surface area contributed by atoms with E-state index in [2.05, 4.69) is 15.6 Å². The largest absolute Gasteiger partial charge is 0.353 e. The Morgan fingerprint density at radius 2 is 2.00 bits per heavy atom. The predicted octanol–water partition coefficient (Wildman–Crippen LogP) is 4.59. The molecule has 0 spiro atoms. The molecule has 0 aliphatic heterocycles. The second-order valence-electron chi connectivity index (χ2n) is 7.75. The molecule has 0 atom stereocenters. The third kappa shape index (κ3) is 3.84. The Hall–Kier alpha value is -3.45. The first-order valence-electron chi connectivity index (χ1n) is 10.0. The maximum atomic E-state index is 13.3. The van der Waals surface area contributed by atoms with Crippen LogP contribution in [-0.2, 0) is 11.3 Å².